The molecule has 0 atom stereocenters. The van der Waals surface area contributed by atoms with E-state index in [2.05, 4.69) is 10.6 Å². The van der Waals surface area contributed by atoms with Crippen molar-refractivity contribution < 1.29 is 14.0 Å². The number of nitrogens with one attached hydrogen (secondary N) is 2. The Kier molecular flexibility index (Phi) is 5.75. The summed E-state index contributed by atoms with van der Waals surface area (Å²) in [5.74, 6) is -0.329. The summed E-state index contributed by atoms with van der Waals surface area (Å²) >= 11 is 0. The Bertz CT molecular complexity index is 996. The van der Waals surface area contributed by atoms with E-state index in [0.29, 0.717) is 17.0 Å². The molecule has 0 bridgehead atoms. The van der Waals surface area contributed by atoms with Gasteiger partial charge in [0.15, 0.2) is 0 Å². The van der Waals surface area contributed by atoms with Gasteiger partial charge in [-0.25, -0.2) is 0 Å². The lowest BCUT2D eigenvalue weighted by Gasteiger charge is -2.12. The zero-order valence-corrected chi connectivity index (χ0v) is 16.1. The molecule has 2 N–H and O–H groups in total. The van der Waals surface area contributed by atoms with E-state index in [9.17, 15) is 9.59 Å². The van der Waals surface area contributed by atoms with Gasteiger partial charge in [-0.05, 0) is 68.3 Å². The molecule has 0 aliphatic rings. The van der Waals surface area contributed by atoms with Crippen molar-refractivity contribution >= 4 is 23.6 Å². The van der Waals surface area contributed by atoms with Gasteiger partial charge in [0.2, 0.25) is 0 Å². The molecule has 0 saturated carbocycles. The van der Waals surface area contributed by atoms with Gasteiger partial charge in [0.25, 0.3) is 11.8 Å². The van der Waals surface area contributed by atoms with Crippen molar-refractivity contribution in [1.29, 1.82) is 0 Å². The number of carbonyl (C=O) groups excluding carboxylic acids is 2. The van der Waals surface area contributed by atoms with Crippen LogP contribution in [0.5, 0.6) is 0 Å². The van der Waals surface area contributed by atoms with Gasteiger partial charge >= 0.3 is 0 Å². The molecule has 5 nitrogen and oxygen atoms in total. The van der Waals surface area contributed by atoms with Crippen LogP contribution in [0.1, 0.15) is 32.8 Å². The van der Waals surface area contributed by atoms with Crippen LogP contribution < -0.4 is 10.6 Å². The summed E-state index contributed by atoms with van der Waals surface area (Å²) in [4.78, 5) is 25.4. The predicted molar refractivity (Wildman–Crippen MR) is 110 cm³/mol. The van der Waals surface area contributed by atoms with Crippen molar-refractivity contribution in [1.82, 2.24) is 5.32 Å². The first-order valence-corrected chi connectivity index (χ1v) is 8.93. The molecule has 1 aromatic heterocycles. The summed E-state index contributed by atoms with van der Waals surface area (Å²) in [6, 6.07) is 16.3. The highest BCUT2D eigenvalue weighted by Gasteiger charge is 2.16. The maximum atomic E-state index is 12.8. The first-order valence-electron chi connectivity index (χ1n) is 8.93. The van der Waals surface area contributed by atoms with Gasteiger partial charge in [-0.3, -0.25) is 9.59 Å². The molecule has 0 aliphatic carbocycles. The molecule has 3 rings (SSSR count). The molecular weight excluding hydrogens is 352 g/mol. The summed E-state index contributed by atoms with van der Waals surface area (Å²) in [5, 5.41) is 5.53. The zero-order chi connectivity index (χ0) is 20.1. The van der Waals surface area contributed by atoms with Crippen molar-refractivity contribution in [3.05, 3.63) is 94.6 Å². The first kappa shape index (κ1) is 19.2. The van der Waals surface area contributed by atoms with Crippen LogP contribution in [0.15, 0.2) is 71.0 Å². The van der Waals surface area contributed by atoms with E-state index in [4.69, 9.17) is 4.42 Å². The second-order valence-corrected chi connectivity index (χ2v) is 6.72. The third-order valence-corrected chi connectivity index (χ3v) is 4.12. The topological polar surface area (TPSA) is 71.3 Å². The predicted octanol–water partition coefficient (Wildman–Crippen LogP) is 4.61. The van der Waals surface area contributed by atoms with Gasteiger partial charge in [-0.2, -0.15) is 0 Å². The van der Waals surface area contributed by atoms with Gasteiger partial charge in [-0.15, -0.1) is 0 Å². The van der Waals surface area contributed by atoms with Crippen molar-refractivity contribution in [2.24, 2.45) is 0 Å². The third-order valence-electron chi connectivity index (χ3n) is 4.12. The number of benzene rings is 2. The van der Waals surface area contributed by atoms with Gasteiger partial charge in [-0.1, -0.05) is 23.8 Å². The van der Waals surface area contributed by atoms with Crippen LogP contribution in [0.25, 0.3) is 6.08 Å². The van der Waals surface area contributed by atoms with Crippen molar-refractivity contribution in [3.63, 3.8) is 0 Å². The van der Waals surface area contributed by atoms with Crippen molar-refractivity contribution in [2.75, 3.05) is 5.32 Å². The second kappa shape index (κ2) is 8.39. The molecule has 0 aliphatic heterocycles. The van der Waals surface area contributed by atoms with Crippen LogP contribution in [-0.2, 0) is 4.79 Å². The summed E-state index contributed by atoms with van der Waals surface area (Å²) in [6.45, 7) is 5.87. The number of aryl methyl sites for hydroxylation is 3. The number of rotatable bonds is 5. The van der Waals surface area contributed by atoms with E-state index < -0.39 is 5.91 Å². The van der Waals surface area contributed by atoms with Crippen LogP contribution in [0.4, 0.5) is 5.69 Å². The average Bonchev–Trinajstić information content (AvgIpc) is 3.14. The van der Waals surface area contributed by atoms with Crippen LogP contribution >= 0.6 is 0 Å². The van der Waals surface area contributed by atoms with Gasteiger partial charge in [0.1, 0.15) is 11.5 Å². The molecule has 3 aromatic rings. The van der Waals surface area contributed by atoms with Crippen LogP contribution in [0.2, 0.25) is 0 Å². The Morgan fingerprint density at radius 2 is 1.57 bits per heavy atom. The molecule has 28 heavy (non-hydrogen) atoms. The van der Waals surface area contributed by atoms with E-state index >= 15 is 0 Å². The average molecular weight is 374 g/mol. The number of carbonyl (C=O) groups is 2. The number of hydrogen-bond acceptors (Lipinski definition) is 3. The Balaban J connectivity index is 1.85. The third kappa shape index (κ3) is 4.98. The highest BCUT2D eigenvalue weighted by atomic mass is 16.3. The van der Waals surface area contributed by atoms with Crippen LogP contribution in [-0.4, -0.2) is 11.8 Å². The zero-order valence-electron chi connectivity index (χ0n) is 16.1. The second-order valence-electron chi connectivity index (χ2n) is 6.72. The summed E-state index contributed by atoms with van der Waals surface area (Å²) < 4.78 is 5.30. The standard InChI is InChI=1S/C23H22N2O3/c1-15-6-8-18(9-7-15)22(26)25-21(14-20-5-4-10-28-20)23(27)24-19-12-16(2)11-17(3)13-19/h4-14H,1-3H3,(H,24,27)(H,25,26)/b21-14-. The smallest absolute Gasteiger partial charge is 0.272 e. The molecule has 5 heteroatoms. The molecule has 0 spiro atoms. The molecule has 0 unspecified atom stereocenters. The first-order chi connectivity index (χ1) is 13.4. The molecule has 2 amide bonds. The highest BCUT2D eigenvalue weighted by molar-refractivity contribution is 6.10. The van der Waals surface area contributed by atoms with Crippen LogP contribution in [0.3, 0.4) is 0 Å². The Hall–Kier alpha value is -3.60. The van der Waals surface area contributed by atoms with Gasteiger partial charge < -0.3 is 15.1 Å². The molecule has 142 valence electrons. The molecule has 0 fully saturated rings. The fourth-order valence-corrected chi connectivity index (χ4v) is 2.82. The molecular formula is C23H22N2O3. The molecule has 2 aromatic carbocycles. The fourth-order valence-electron chi connectivity index (χ4n) is 2.82. The quantitative estimate of drug-likeness (QED) is 0.641. The largest absolute Gasteiger partial charge is 0.465 e. The molecule has 1 heterocycles. The number of anilines is 1. The maximum absolute atomic E-state index is 12.8. The Labute approximate surface area is 164 Å². The lowest BCUT2D eigenvalue weighted by molar-refractivity contribution is -0.113. The van der Waals surface area contributed by atoms with E-state index in [-0.39, 0.29) is 11.6 Å². The lowest BCUT2D eigenvalue weighted by atomic mass is 10.1. The Morgan fingerprint density at radius 3 is 2.18 bits per heavy atom. The van der Waals surface area contributed by atoms with E-state index in [0.717, 1.165) is 16.7 Å². The van der Waals surface area contributed by atoms with E-state index in [1.54, 1.807) is 24.3 Å². The number of amides is 2. The summed E-state index contributed by atoms with van der Waals surface area (Å²) in [6.07, 6.45) is 3.01. The highest BCUT2D eigenvalue weighted by Crippen LogP contribution is 2.16. The molecule has 0 saturated heterocycles. The normalized spacial score (nSPS) is 11.2. The maximum Gasteiger partial charge on any atom is 0.272 e. The minimum absolute atomic E-state index is 0.0969. The lowest BCUT2D eigenvalue weighted by Crippen LogP contribution is -2.30. The Morgan fingerprint density at radius 1 is 0.893 bits per heavy atom. The molecule has 0 radical (unpaired) electrons. The van der Waals surface area contributed by atoms with Gasteiger partial charge in [0.05, 0.1) is 6.26 Å². The summed E-state index contributed by atoms with van der Waals surface area (Å²) in [7, 11) is 0. The minimum Gasteiger partial charge on any atom is -0.465 e. The van der Waals surface area contributed by atoms with E-state index in [1.807, 2.05) is 51.1 Å². The SMILES string of the molecule is Cc1ccc(C(=O)N/C(=C\c2ccco2)C(=O)Nc2cc(C)cc(C)c2)cc1. The van der Waals surface area contributed by atoms with Crippen LogP contribution in [0, 0.1) is 20.8 Å². The number of furan rings is 1. The van der Waals surface area contributed by atoms with Crippen molar-refractivity contribution in [2.45, 2.75) is 20.8 Å². The monoisotopic (exact) mass is 374 g/mol. The summed E-state index contributed by atoms with van der Waals surface area (Å²) in [5.41, 5.74) is 4.36. The van der Waals surface area contributed by atoms with Crippen molar-refractivity contribution in [3.8, 4) is 0 Å². The van der Waals surface area contributed by atoms with E-state index in [1.165, 1.54) is 12.3 Å². The minimum atomic E-state index is -0.429. The fraction of sp³-hybridized carbons (Fsp3) is 0.130. The number of hydrogen-bond donors (Lipinski definition) is 2. The van der Waals surface area contributed by atoms with Gasteiger partial charge in [0, 0.05) is 17.3 Å².